The van der Waals surface area contributed by atoms with E-state index in [1.807, 2.05) is 6.92 Å². The second-order valence-corrected chi connectivity index (χ2v) is 6.88. The number of nitrogens with one attached hydrogen (secondary N) is 1. The maximum atomic E-state index is 12.0. The van der Waals surface area contributed by atoms with Crippen LogP contribution in [0.3, 0.4) is 0 Å². The van der Waals surface area contributed by atoms with E-state index in [1.165, 1.54) is 18.5 Å². The molecule has 0 aromatic heterocycles. The molecule has 1 aromatic carbocycles. The van der Waals surface area contributed by atoms with Gasteiger partial charge in [-0.1, -0.05) is 6.92 Å². The van der Waals surface area contributed by atoms with Gasteiger partial charge in [-0.25, -0.2) is 8.42 Å². The standard InChI is InChI=1S/C15H24N2O5S/c1-5-9-16-15(18)8-10-17(23(4,19)20)12-6-7-13(21-2)14(11-12)22-3/h6-7,11H,5,8-10H2,1-4H3,(H,16,18). The number of carbonyl (C=O) groups is 1. The normalized spacial score (nSPS) is 11.0. The number of anilines is 1. The minimum absolute atomic E-state index is 0.0594. The minimum atomic E-state index is -3.52. The Kier molecular flexibility index (Phi) is 7.15. The molecule has 0 bridgehead atoms. The van der Waals surface area contributed by atoms with Crippen LogP contribution in [0, 0.1) is 0 Å². The number of rotatable bonds is 9. The first-order chi connectivity index (χ1) is 10.8. The minimum Gasteiger partial charge on any atom is -0.493 e. The Morgan fingerprint density at radius 3 is 2.39 bits per heavy atom. The van der Waals surface area contributed by atoms with Crippen LogP contribution in [0.1, 0.15) is 19.8 Å². The van der Waals surface area contributed by atoms with Gasteiger partial charge in [0, 0.05) is 25.6 Å². The molecule has 1 rings (SSSR count). The van der Waals surface area contributed by atoms with E-state index in [2.05, 4.69) is 5.32 Å². The highest BCUT2D eigenvalue weighted by atomic mass is 32.2. The smallest absolute Gasteiger partial charge is 0.232 e. The average molecular weight is 344 g/mol. The zero-order valence-electron chi connectivity index (χ0n) is 14.0. The van der Waals surface area contributed by atoms with Crippen molar-refractivity contribution >= 4 is 21.6 Å². The zero-order valence-corrected chi connectivity index (χ0v) is 14.8. The molecule has 1 N–H and O–H groups in total. The van der Waals surface area contributed by atoms with Crippen molar-refractivity contribution in [3.8, 4) is 11.5 Å². The van der Waals surface area contributed by atoms with Gasteiger partial charge in [0.25, 0.3) is 0 Å². The van der Waals surface area contributed by atoms with Crippen LogP contribution in [0.2, 0.25) is 0 Å². The summed E-state index contributed by atoms with van der Waals surface area (Å²) in [5, 5.41) is 2.73. The molecule has 7 nitrogen and oxygen atoms in total. The molecule has 0 saturated carbocycles. The molecule has 0 fully saturated rings. The number of sulfonamides is 1. The molecule has 130 valence electrons. The highest BCUT2D eigenvalue weighted by Gasteiger charge is 2.20. The van der Waals surface area contributed by atoms with Crippen molar-refractivity contribution in [3.63, 3.8) is 0 Å². The molecular weight excluding hydrogens is 320 g/mol. The first-order valence-electron chi connectivity index (χ1n) is 7.30. The van der Waals surface area contributed by atoms with Crippen LogP contribution >= 0.6 is 0 Å². The Labute approximate surface area is 137 Å². The van der Waals surface area contributed by atoms with E-state index in [4.69, 9.17) is 9.47 Å². The van der Waals surface area contributed by atoms with Gasteiger partial charge in [-0.05, 0) is 18.6 Å². The molecule has 0 atom stereocenters. The number of methoxy groups -OCH3 is 2. The quantitative estimate of drug-likeness (QED) is 0.732. The van der Waals surface area contributed by atoms with Gasteiger partial charge in [0.05, 0.1) is 26.2 Å². The largest absolute Gasteiger partial charge is 0.493 e. The van der Waals surface area contributed by atoms with Gasteiger partial charge in [0.2, 0.25) is 15.9 Å². The lowest BCUT2D eigenvalue weighted by atomic mass is 10.2. The number of carbonyl (C=O) groups excluding carboxylic acids is 1. The summed E-state index contributed by atoms with van der Waals surface area (Å²) in [4.78, 5) is 11.7. The topological polar surface area (TPSA) is 84.9 Å². The molecule has 0 radical (unpaired) electrons. The lowest BCUT2D eigenvalue weighted by Crippen LogP contribution is -2.34. The molecule has 1 aromatic rings. The van der Waals surface area contributed by atoms with E-state index in [0.717, 1.165) is 12.7 Å². The van der Waals surface area contributed by atoms with Crippen LogP contribution in [0.5, 0.6) is 11.5 Å². The SMILES string of the molecule is CCCNC(=O)CCN(c1ccc(OC)c(OC)c1)S(C)(=O)=O. The third kappa shape index (κ3) is 5.63. The number of amides is 1. The lowest BCUT2D eigenvalue weighted by Gasteiger charge is -2.23. The first-order valence-corrected chi connectivity index (χ1v) is 9.14. The van der Waals surface area contributed by atoms with Crippen molar-refractivity contribution in [2.75, 3.05) is 37.9 Å². The summed E-state index contributed by atoms with van der Waals surface area (Å²) in [6, 6.07) is 4.82. The maximum Gasteiger partial charge on any atom is 0.232 e. The predicted molar refractivity (Wildman–Crippen MR) is 89.7 cm³/mol. The van der Waals surface area contributed by atoms with Crippen LogP contribution < -0.4 is 19.1 Å². The summed E-state index contributed by atoms with van der Waals surface area (Å²) >= 11 is 0. The second kappa shape index (κ2) is 8.61. The predicted octanol–water partition coefficient (Wildman–Crippen LogP) is 1.39. The lowest BCUT2D eigenvalue weighted by molar-refractivity contribution is -0.120. The molecule has 0 aliphatic carbocycles. The van der Waals surface area contributed by atoms with Crippen molar-refractivity contribution in [3.05, 3.63) is 18.2 Å². The first kappa shape index (κ1) is 19.1. The molecule has 23 heavy (non-hydrogen) atoms. The number of hydrogen-bond donors (Lipinski definition) is 1. The van der Waals surface area contributed by atoms with Gasteiger partial charge in [-0.2, -0.15) is 0 Å². The van der Waals surface area contributed by atoms with Crippen molar-refractivity contribution in [2.45, 2.75) is 19.8 Å². The molecule has 0 aliphatic heterocycles. The second-order valence-electron chi connectivity index (χ2n) is 4.97. The van der Waals surface area contributed by atoms with Crippen LogP contribution in [0.4, 0.5) is 5.69 Å². The third-order valence-corrected chi connectivity index (χ3v) is 4.36. The van der Waals surface area contributed by atoms with Crippen molar-refractivity contribution in [1.29, 1.82) is 0 Å². The van der Waals surface area contributed by atoms with Gasteiger partial charge in [0.15, 0.2) is 11.5 Å². The fourth-order valence-corrected chi connectivity index (χ4v) is 2.94. The number of ether oxygens (including phenoxy) is 2. The van der Waals surface area contributed by atoms with Gasteiger partial charge < -0.3 is 14.8 Å². The zero-order chi connectivity index (χ0) is 17.5. The molecule has 0 aliphatic rings. The molecule has 0 spiro atoms. The maximum absolute atomic E-state index is 12.0. The third-order valence-electron chi connectivity index (χ3n) is 3.17. The molecule has 0 heterocycles. The summed E-state index contributed by atoms with van der Waals surface area (Å²) in [6.45, 7) is 2.59. The van der Waals surface area contributed by atoms with Gasteiger partial charge in [-0.3, -0.25) is 9.10 Å². The summed E-state index contributed by atoms with van der Waals surface area (Å²) in [5.41, 5.74) is 0.424. The number of nitrogens with zero attached hydrogens (tertiary/aromatic N) is 1. The van der Waals surface area contributed by atoms with Gasteiger partial charge >= 0.3 is 0 Å². The number of benzene rings is 1. The van der Waals surface area contributed by atoms with E-state index in [-0.39, 0.29) is 18.9 Å². The molecule has 1 amide bonds. The molecule has 0 unspecified atom stereocenters. The van der Waals surface area contributed by atoms with E-state index in [0.29, 0.717) is 23.7 Å². The van der Waals surface area contributed by atoms with Crippen molar-refractivity contribution < 1.29 is 22.7 Å². The molecule has 0 saturated heterocycles. The van der Waals surface area contributed by atoms with Gasteiger partial charge in [-0.15, -0.1) is 0 Å². The number of hydrogen-bond acceptors (Lipinski definition) is 5. The van der Waals surface area contributed by atoms with E-state index in [9.17, 15) is 13.2 Å². The monoisotopic (exact) mass is 344 g/mol. The highest BCUT2D eigenvalue weighted by Crippen LogP contribution is 2.32. The Hall–Kier alpha value is -1.96. The Balaban J connectivity index is 2.97. The van der Waals surface area contributed by atoms with E-state index < -0.39 is 10.0 Å². The summed E-state index contributed by atoms with van der Waals surface area (Å²) in [7, 11) is -0.541. The highest BCUT2D eigenvalue weighted by molar-refractivity contribution is 7.92. The van der Waals surface area contributed by atoms with E-state index >= 15 is 0 Å². The summed E-state index contributed by atoms with van der Waals surface area (Å²) < 4.78 is 35.6. The summed E-state index contributed by atoms with van der Waals surface area (Å²) in [5.74, 6) is 0.750. The van der Waals surface area contributed by atoms with Crippen LogP contribution in [-0.4, -0.2) is 47.9 Å². The van der Waals surface area contributed by atoms with Crippen molar-refractivity contribution in [2.24, 2.45) is 0 Å². The fraction of sp³-hybridized carbons (Fsp3) is 0.533. The molecular formula is C15H24N2O5S. The summed E-state index contributed by atoms with van der Waals surface area (Å²) in [6.07, 6.45) is 2.02. The Morgan fingerprint density at radius 1 is 1.22 bits per heavy atom. The van der Waals surface area contributed by atoms with Crippen LogP contribution in [-0.2, 0) is 14.8 Å². The fourth-order valence-electron chi connectivity index (χ4n) is 2.02. The average Bonchev–Trinajstić information content (AvgIpc) is 2.51. The van der Waals surface area contributed by atoms with Crippen LogP contribution in [0.15, 0.2) is 18.2 Å². The van der Waals surface area contributed by atoms with Crippen molar-refractivity contribution in [1.82, 2.24) is 5.32 Å². The van der Waals surface area contributed by atoms with Gasteiger partial charge in [0.1, 0.15) is 0 Å². The van der Waals surface area contributed by atoms with Crippen LogP contribution in [0.25, 0.3) is 0 Å². The molecule has 8 heteroatoms. The van der Waals surface area contributed by atoms with E-state index in [1.54, 1.807) is 18.2 Å². The Bertz CT molecular complexity index is 631. The Morgan fingerprint density at radius 2 is 1.87 bits per heavy atom.